The fourth-order valence-electron chi connectivity index (χ4n) is 2.03. The number of hydrogen-bond donors (Lipinski definition) is 2. The Morgan fingerprint density at radius 2 is 1.68 bits per heavy atom. The molecule has 0 aliphatic rings. The first kappa shape index (κ1) is 20.7. The van der Waals surface area contributed by atoms with Gasteiger partial charge in [-0.15, -0.1) is 0 Å². The molecule has 0 aliphatic heterocycles. The largest absolute Gasteiger partial charge is 0.454 e. The van der Waals surface area contributed by atoms with Gasteiger partial charge in [0, 0.05) is 12.1 Å². The predicted octanol–water partition coefficient (Wildman–Crippen LogP) is 2.17. The predicted molar refractivity (Wildman–Crippen MR) is 96.4 cm³/mol. The summed E-state index contributed by atoms with van der Waals surface area (Å²) in [6, 6.07) is 7.24. The number of esters is 1. The fraction of sp³-hybridized carbons (Fsp3) is 0.526. The summed E-state index contributed by atoms with van der Waals surface area (Å²) in [5, 5.41) is 5.13. The van der Waals surface area contributed by atoms with Gasteiger partial charge in [-0.2, -0.15) is 0 Å². The summed E-state index contributed by atoms with van der Waals surface area (Å²) in [7, 11) is 0. The monoisotopic (exact) mass is 348 g/mol. The van der Waals surface area contributed by atoms with Crippen LogP contribution < -0.4 is 10.6 Å². The molecule has 0 radical (unpaired) electrons. The van der Waals surface area contributed by atoms with E-state index in [1.807, 2.05) is 19.1 Å². The Balaban J connectivity index is 2.36. The summed E-state index contributed by atoms with van der Waals surface area (Å²) in [6.07, 6.45) is 1.85. The first-order valence-corrected chi connectivity index (χ1v) is 8.55. The lowest BCUT2D eigenvalue weighted by Crippen LogP contribution is -2.34. The van der Waals surface area contributed by atoms with E-state index in [1.165, 1.54) is 0 Å². The summed E-state index contributed by atoms with van der Waals surface area (Å²) in [6.45, 7) is 8.25. The van der Waals surface area contributed by atoms with Gasteiger partial charge >= 0.3 is 5.97 Å². The number of hydrogen-bond acceptors (Lipinski definition) is 4. The lowest BCUT2D eigenvalue weighted by atomic mass is 9.87. The molecule has 2 amide bonds. The Morgan fingerprint density at radius 3 is 2.24 bits per heavy atom. The van der Waals surface area contributed by atoms with Crippen LogP contribution in [0.2, 0.25) is 0 Å². The van der Waals surface area contributed by atoms with Crippen LogP contribution in [0.1, 0.15) is 56.5 Å². The van der Waals surface area contributed by atoms with Crippen molar-refractivity contribution in [2.75, 3.05) is 19.7 Å². The molecule has 0 saturated carbocycles. The highest BCUT2D eigenvalue weighted by atomic mass is 16.5. The molecule has 25 heavy (non-hydrogen) atoms. The molecule has 0 aromatic heterocycles. The van der Waals surface area contributed by atoms with Crippen LogP contribution in [0.4, 0.5) is 0 Å². The maximum atomic E-state index is 12.0. The van der Waals surface area contributed by atoms with E-state index in [4.69, 9.17) is 4.74 Å². The minimum atomic E-state index is -0.648. The van der Waals surface area contributed by atoms with Gasteiger partial charge in [0.15, 0.2) is 6.61 Å². The van der Waals surface area contributed by atoms with E-state index in [1.54, 1.807) is 12.1 Å². The van der Waals surface area contributed by atoms with Crippen LogP contribution in [0.3, 0.4) is 0 Å². The summed E-state index contributed by atoms with van der Waals surface area (Å²) in [5.74, 6) is -1.35. The van der Waals surface area contributed by atoms with Crippen molar-refractivity contribution >= 4 is 17.8 Å². The second kappa shape index (κ2) is 9.81. The van der Waals surface area contributed by atoms with Crippen LogP contribution in [-0.2, 0) is 19.7 Å². The number of unbranched alkanes of at least 4 members (excludes halogenated alkanes) is 1. The van der Waals surface area contributed by atoms with Crippen LogP contribution in [0, 0.1) is 0 Å². The summed E-state index contributed by atoms with van der Waals surface area (Å²) >= 11 is 0. The Labute approximate surface area is 149 Å². The fourth-order valence-corrected chi connectivity index (χ4v) is 2.03. The van der Waals surface area contributed by atoms with Gasteiger partial charge in [0.05, 0.1) is 0 Å². The Kier molecular flexibility index (Phi) is 8.11. The van der Waals surface area contributed by atoms with Crippen molar-refractivity contribution in [3.8, 4) is 0 Å². The zero-order chi connectivity index (χ0) is 18.9. The standard InChI is InChI=1S/C19H28N2O4/c1-5-6-11-20-16(22)13-25-17(23)12-21-18(24)14-7-9-15(10-8-14)19(2,3)4/h7-10H,5-6,11-13H2,1-4H3,(H,20,22)(H,21,24). The van der Waals surface area contributed by atoms with Crippen molar-refractivity contribution in [3.05, 3.63) is 35.4 Å². The minimum absolute atomic E-state index is 0.0104. The highest BCUT2D eigenvalue weighted by Crippen LogP contribution is 2.22. The average molecular weight is 348 g/mol. The minimum Gasteiger partial charge on any atom is -0.454 e. The van der Waals surface area contributed by atoms with E-state index in [0.717, 1.165) is 18.4 Å². The molecule has 0 fully saturated rings. The van der Waals surface area contributed by atoms with Crippen molar-refractivity contribution in [1.29, 1.82) is 0 Å². The van der Waals surface area contributed by atoms with E-state index in [-0.39, 0.29) is 30.4 Å². The smallest absolute Gasteiger partial charge is 0.325 e. The van der Waals surface area contributed by atoms with Crippen LogP contribution in [0.5, 0.6) is 0 Å². The molecule has 0 unspecified atom stereocenters. The molecule has 0 saturated heterocycles. The number of carbonyl (C=O) groups is 3. The molecule has 1 aromatic rings. The van der Waals surface area contributed by atoms with Crippen LogP contribution >= 0.6 is 0 Å². The Bertz CT molecular complexity index is 588. The summed E-state index contributed by atoms with van der Waals surface area (Å²) in [5.41, 5.74) is 1.60. The SMILES string of the molecule is CCCCNC(=O)COC(=O)CNC(=O)c1ccc(C(C)(C)C)cc1. The molecule has 1 aromatic carbocycles. The maximum absolute atomic E-state index is 12.0. The summed E-state index contributed by atoms with van der Waals surface area (Å²) in [4.78, 5) is 35.0. The van der Waals surface area contributed by atoms with Gasteiger partial charge in [-0.3, -0.25) is 14.4 Å². The second-order valence-corrected chi connectivity index (χ2v) is 6.87. The maximum Gasteiger partial charge on any atom is 0.325 e. The van der Waals surface area contributed by atoms with Gasteiger partial charge in [0.2, 0.25) is 0 Å². The van der Waals surface area contributed by atoms with Gasteiger partial charge in [0.25, 0.3) is 11.8 Å². The molecule has 6 nitrogen and oxygen atoms in total. The highest BCUT2D eigenvalue weighted by Gasteiger charge is 2.15. The molecule has 0 aliphatic carbocycles. The molecule has 2 N–H and O–H groups in total. The zero-order valence-electron chi connectivity index (χ0n) is 15.5. The van der Waals surface area contributed by atoms with Gasteiger partial charge in [0.1, 0.15) is 6.54 Å². The van der Waals surface area contributed by atoms with E-state index >= 15 is 0 Å². The lowest BCUT2D eigenvalue weighted by Gasteiger charge is -2.19. The van der Waals surface area contributed by atoms with Crippen LogP contribution in [-0.4, -0.2) is 37.5 Å². The first-order chi connectivity index (χ1) is 11.7. The quantitative estimate of drug-likeness (QED) is 0.557. The first-order valence-electron chi connectivity index (χ1n) is 8.55. The van der Waals surface area contributed by atoms with E-state index in [9.17, 15) is 14.4 Å². The molecule has 138 valence electrons. The number of nitrogens with one attached hydrogen (secondary N) is 2. The van der Waals surface area contributed by atoms with E-state index < -0.39 is 5.97 Å². The molecule has 0 heterocycles. The molecule has 6 heteroatoms. The van der Waals surface area contributed by atoms with Gasteiger partial charge in [-0.25, -0.2) is 0 Å². The third kappa shape index (κ3) is 7.83. The topological polar surface area (TPSA) is 84.5 Å². The molecule has 0 atom stereocenters. The molecule has 0 spiro atoms. The molecular formula is C19H28N2O4. The molecule has 1 rings (SSSR count). The normalized spacial score (nSPS) is 10.9. The highest BCUT2D eigenvalue weighted by molar-refractivity contribution is 5.96. The number of carbonyl (C=O) groups excluding carboxylic acids is 3. The van der Waals surface area contributed by atoms with Gasteiger partial charge < -0.3 is 15.4 Å². The van der Waals surface area contributed by atoms with Gasteiger partial charge in [-0.05, 0) is 29.5 Å². The number of benzene rings is 1. The Morgan fingerprint density at radius 1 is 1.04 bits per heavy atom. The summed E-state index contributed by atoms with van der Waals surface area (Å²) < 4.78 is 4.82. The number of rotatable bonds is 8. The number of amides is 2. The van der Waals surface area contributed by atoms with Crippen molar-refractivity contribution in [2.24, 2.45) is 0 Å². The zero-order valence-corrected chi connectivity index (χ0v) is 15.5. The number of ether oxygens (including phenoxy) is 1. The van der Waals surface area contributed by atoms with Crippen molar-refractivity contribution in [2.45, 2.75) is 46.0 Å². The van der Waals surface area contributed by atoms with Gasteiger partial charge in [-0.1, -0.05) is 46.2 Å². The molecule has 0 bridgehead atoms. The Hall–Kier alpha value is -2.37. The van der Waals surface area contributed by atoms with Crippen LogP contribution in [0.15, 0.2) is 24.3 Å². The average Bonchev–Trinajstić information content (AvgIpc) is 2.57. The lowest BCUT2D eigenvalue weighted by molar-refractivity contribution is -0.147. The van der Waals surface area contributed by atoms with Crippen molar-refractivity contribution in [3.63, 3.8) is 0 Å². The third-order valence-corrected chi connectivity index (χ3v) is 3.62. The third-order valence-electron chi connectivity index (χ3n) is 3.62. The van der Waals surface area contributed by atoms with E-state index in [0.29, 0.717) is 12.1 Å². The van der Waals surface area contributed by atoms with E-state index in [2.05, 4.69) is 31.4 Å². The molecular weight excluding hydrogens is 320 g/mol. The van der Waals surface area contributed by atoms with Crippen LogP contribution in [0.25, 0.3) is 0 Å². The second-order valence-electron chi connectivity index (χ2n) is 6.87. The van der Waals surface area contributed by atoms with Crippen molar-refractivity contribution in [1.82, 2.24) is 10.6 Å². The van der Waals surface area contributed by atoms with Crippen molar-refractivity contribution < 1.29 is 19.1 Å².